The van der Waals surface area contributed by atoms with Crippen LogP contribution in [0.3, 0.4) is 0 Å². The standard InChI is InChI=1S/C20H17ClN2O4/c1-11-9-23-10-12(20(25)22-14-5-3-4-6-15(14)26-2)19(24)17-13(21)7-8-16(27-11)18(17)23/h3-8,10-11H,9H2,1-2H3,(H,22,25)/t11-/m1/s1. The van der Waals surface area contributed by atoms with Crippen LogP contribution in [0.15, 0.2) is 47.4 Å². The van der Waals surface area contributed by atoms with Crippen LogP contribution in [0.5, 0.6) is 11.5 Å². The van der Waals surface area contributed by atoms with Gasteiger partial charge in [0.25, 0.3) is 5.91 Å². The Labute approximate surface area is 160 Å². The second kappa shape index (κ2) is 6.63. The fraction of sp³-hybridized carbons (Fsp3) is 0.200. The van der Waals surface area contributed by atoms with E-state index in [2.05, 4.69) is 5.32 Å². The largest absolute Gasteiger partial charge is 0.495 e. The van der Waals surface area contributed by atoms with Gasteiger partial charge in [0.05, 0.1) is 35.3 Å². The van der Waals surface area contributed by atoms with Gasteiger partial charge >= 0.3 is 0 Å². The van der Waals surface area contributed by atoms with E-state index >= 15 is 0 Å². The van der Waals surface area contributed by atoms with E-state index in [0.717, 1.165) is 0 Å². The van der Waals surface area contributed by atoms with Crippen LogP contribution in [0.25, 0.3) is 10.9 Å². The zero-order chi connectivity index (χ0) is 19.1. The lowest BCUT2D eigenvalue weighted by Gasteiger charge is -2.26. The van der Waals surface area contributed by atoms with Crippen LogP contribution in [-0.4, -0.2) is 23.7 Å². The molecule has 1 atom stereocenters. The van der Waals surface area contributed by atoms with Crippen molar-refractivity contribution in [3.8, 4) is 11.5 Å². The lowest BCUT2D eigenvalue weighted by molar-refractivity contribution is 0.102. The van der Waals surface area contributed by atoms with Gasteiger partial charge in [-0.15, -0.1) is 0 Å². The maximum absolute atomic E-state index is 13.0. The van der Waals surface area contributed by atoms with Crippen LogP contribution in [0.4, 0.5) is 5.69 Å². The molecule has 3 aromatic rings. The van der Waals surface area contributed by atoms with Gasteiger partial charge in [-0.25, -0.2) is 0 Å². The summed E-state index contributed by atoms with van der Waals surface area (Å²) in [5, 5.41) is 3.32. The highest BCUT2D eigenvalue weighted by Gasteiger charge is 2.25. The second-order valence-electron chi connectivity index (χ2n) is 6.38. The normalized spacial score (nSPS) is 15.3. The summed E-state index contributed by atoms with van der Waals surface area (Å²) in [7, 11) is 1.52. The molecule has 2 heterocycles. The molecule has 27 heavy (non-hydrogen) atoms. The lowest BCUT2D eigenvalue weighted by Crippen LogP contribution is -2.30. The number of carbonyl (C=O) groups excluding carboxylic acids is 1. The minimum atomic E-state index is -0.518. The molecule has 0 fully saturated rings. The first-order chi connectivity index (χ1) is 13.0. The minimum absolute atomic E-state index is 0.0153. The van der Waals surface area contributed by atoms with Gasteiger partial charge < -0.3 is 19.4 Å². The number of rotatable bonds is 3. The Morgan fingerprint density at radius 1 is 1.30 bits per heavy atom. The Kier molecular flexibility index (Phi) is 4.28. The van der Waals surface area contributed by atoms with E-state index in [-0.39, 0.29) is 22.1 Å². The Morgan fingerprint density at radius 3 is 2.85 bits per heavy atom. The number of anilines is 1. The number of nitrogens with zero attached hydrogens (tertiary/aromatic N) is 1. The molecule has 138 valence electrons. The summed E-state index contributed by atoms with van der Waals surface area (Å²) in [4.78, 5) is 25.9. The number of hydrogen-bond donors (Lipinski definition) is 1. The molecule has 1 amide bonds. The van der Waals surface area contributed by atoms with Crippen molar-refractivity contribution in [3.63, 3.8) is 0 Å². The maximum Gasteiger partial charge on any atom is 0.261 e. The van der Waals surface area contributed by atoms with E-state index in [1.165, 1.54) is 7.11 Å². The molecule has 1 aromatic heterocycles. The van der Waals surface area contributed by atoms with Gasteiger partial charge in [0.1, 0.15) is 23.2 Å². The van der Waals surface area contributed by atoms with Crippen molar-refractivity contribution in [2.75, 3.05) is 12.4 Å². The monoisotopic (exact) mass is 384 g/mol. The highest BCUT2D eigenvalue weighted by molar-refractivity contribution is 6.35. The van der Waals surface area contributed by atoms with Gasteiger partial charge in [-0.05, 0) is 31.2 Å². The fourth-order valence-electron chi connectivity index (χ4n) is 3.33. The summed E-state index contributed by atoms with van der Waals surface area (Å²) in [6.07, 6.45) is 1.48. The summed E-state index contributed by atoms with van der Waals surface area (Å²) >= 11 is 6.29. The molecule has 7 heteroatoms. The van der Waals surface area contributed by atoms with Gasteiger partial charge in [0.2, 0.25) is 5.43 Å². The molecule has 2 aromatic carbocycles. The number of ether oxygens (including phenoxy) is 2. The molecule has 0 saturated carbocycles. The maximum atomic E-state index is 13.0. The Balaban J connectivity index is 1.86. The number of nitrogens with one attached hydrogen (secondary N) is 1. The third-order valence-electron chi connectivity index (χ3n) is 4.52. The van der Waals surface area contributed by atoms with Gasteiger partial charge in [0.15, 0.2) is 0 Å². The van der Waals surface area contributed by atoms with E-state index in [1.807, 2.05) is 11.5 Å². The highest BCUT2D eigenvalue weighted by Crippen LogP contribution is 2.33. The van der Waals surface area contributed by atoms with Crippen LogP contribution >= 0.6 is 11.6 Å². The van der Waals surface area contributed by atoms with Crippen molar-refractivity contribution in [3.05, 3.63) is 63.4 Å². The van der Waals surface area contributed by atoms with E-state index in [1.54, 1.807) is 42.6 Å². The summed E-state index contributed by atoms with van der Waals surface area (Å²) in [5.74, 6) is 0.577. The van der Waals surface area contributed by atoms with Crippen molar-refractivity contribution in [2.45, 2.75) is 19.6 Å². The lowest BCUT2D eigenvalue weighted by atomic mass is 10.1. The van der Waals surface area contributed by atoms with Crippen LogP contribution < -0.4 is 20.2 Å². The Hall–Kier alpha value is -2.99. The molecule has 1 N–H and O–H groups in total. The smallest absolute Gasteiger partial charge is 0.261 e. The van der Waals surface area contributed by atoms with Gasteiger partial charge in [0, 0.05) is 6.20 Å². The van der Waals surface area contributed by atoms with E-state index in [4.69, 9.17) is 21.1 Å². The van der Waals surface area contributed by atoms with Crippen molar-refractivity contribution in [2.24, 2.45) is 0 Å². The van der Waals surface area contributed by atoms with E-state index in [0.29, 0.717) is 29.2 Å². The number of para-hydroxylation sites is 2. The number of benzene rings is 2. The van der Waals surface area contributed by atoms with Gasteiger partial charge in [-0.2, -0.15) is 0 Å². The number of pyridine rings is 1. The number of amides is 1. The van der Waals surface area contributed by atoms with Crippen LogP contribution in [0.2, 0.25) is 5.02 Å². The third-order valence-corrected chi connectivity index (χ3v) is 4.83. The number of carbonyl (C=O) groups is 1. The average molecular weight is 385 g/mol. The van der Waals surface area contributed by atoms with Crippen molar-refractivity contribution >= 4 is 34.1 Å². The quantitative estimate of drug-likeness (QED) is 0.747. The molecule has 0 aliphatic carbocycles. The first-order valence-corrected chi connectivity index (χ1v) is 8.84. The Bertz CT molecular complexity index is 1120. The number of aromatic nitrogens is 1. The summed E-state index contributed by atoms with van der Waals surface area (Å²) in [6, 6.07) is 10.4. The summed E-state index contributed by atoms with van der Waals surface area (Å²) < 4.78 is 12.9. The van der Waals surface area contributed by atoms with Crippen LogP contribution in [0.1, 0.15) is 17.3 Å². The zero-order valence-electron chi connectivity index (χ0n) is 14.8. The van der Waals surface area contributed by atoms with Crippen molar-refractivity contribution in [1.82, 2.24) is 4.57 Å². The molecule has 0 saturated heterocycles. The van der Waals surface area contributed by atoms with Crippen molar-refractivity contribution in [1.29, 1.82) is 0 Å². The second-order valence-corrected chi connectivity index (χ2v) is 6.78. The molecule has 0 unspecified atom stereocenters. The van der Waals surface area contributed by atoms with Crippen molar-refractivity contribution < 1.29 is 14.3 Å². The third kappa shape index (κ3) is 2.92. The number of halogens is 1. The molecule has 0 bridgehead atoms. The predicted molar refractivity (Wildman–Crippen MR) is 104 cm³/mol. The summed E-state index contributed by atoms with van der Waals surface area (Å²) in [6.45, 7) is 2.44. The molecule has 0 radical (unpaired) electrons. The SMILES string of the molecule is COc1ccccc1NC(=O)c1cn2c3c(ccc(Cl)c3c1=O)O[C@H](C)C2. The first-order valence-electron chi connectivity index (χ1n) is 8.46. The molecule has 4 rings (SSSR count). The van der Waals surface area contributed by atoms with E-state index in [9.17, 15) is 9.59 Å². The first kappa shape index (κ1) is 17.4. The predicted octanol–water partition coefficient (Wildman–Crippen LogP) is 3.70. The fourth-order valence-corrected chi connectivity index (χ4v) is 3.57. The van der Waals surface area contributed by atoms with Crippen LogP contribution in [-0.2, 0) is 6.54 Å². The van der Waals surface area contributed by atoms with Gasteiger partial charge in [-0.3, -0.25) is 9.59 Å². The zero-order valence-corrected chi connectivity index (χ0v) is 15.5. The molecule has 0 spiro atoms. The summed E-state index contributed by atoms with van der Waals surface area (Å²) in [5.41, 5.74) is 0.680. The topological polar surface area (TPSA) is 69.6 Å². The number of hydrogen-bond acceptors (Lipinski definition) is 4. The molecule has 1 aliphatic heterocycles. The Morgan fingerprint density at radius 2 is 2.07 bits per heavy atom. The van der Waals surface area contributed by atoms with Crippen LogP contribution in [0, 0.1) is 0 Å². The van der Waals surface area contributed by atoms with E-state index < -0.39 is 11.3 Å². The molecule has 6 nitrogen and oxygen atoms in total. The molecule has 1 aliphatic rings. The minimum Gasteiger partial charge on any atom is -0.495 e. The number of methoxy groups -OCH3 is 1. The highest BCUT2D eigenvalue weighted by atomic mass is 35.5. The van der Waals surface area contributed by atoms with Gasteiger partial charge in [-0.1, -0.05) is 23.7 Å². The molecular weight excluding hydrogens is 368 g/mol. The average Bonchev–Trinajstić information content (AvgIpc) is 2.65. The molecular formula is C20H17ClN2O4.